The Morgan fingerprint density at radius 2 is 1.53 bits per heavy atom. The number of nitrogens with zero attached hydrogens (tertiary/aromatic N) is 3. The van der Waals surface area contributed by atoms with E-state index in [9.17, 15) is 8.42 Å². The van der Waals surface area contributed by atoms with Crippen molar-refractivity contribution in [3.8, 4) is 0 Å². The summed E-state index contributed by atoms with van der Waals surface area (Å²) in [7, 11) is -4.56. The van der Waals surface area contributed by atoms with Gasteiger partial charge in [-0.3, -0.25) is 0 Å². The van der Waals surface area contributed by atoms with Crippen LogP contribution in [0.25, 0.3) is 0 Å². The van der Waals surface area contributed by atoms with Gasteiger partial charge < -0.3 is 10.6 Å². The summed E-state index contributed by atoms with van der Waals surface area (Å²) in [5.41, 5.74) is 2.68. The first-order valence-electron chi connectivity index (χ1n) is 10.2. The molecule has 0 fully saturated rings. The molecule has 174 valence electrons. The van der Waals surface area contributed by atoms with Crippen LogP contribution in [-0.2, 0) is 20.7 Å². The summed E-state index contributed by atoms with van der Waals surface area (Å²) in [6, 6.07) is 23.8. The van der Waals surface area contributed by atoms with Crippen LogP contribution in [0.2, 0.25) is 0 Å². The van der Waals surface area contributed by atoms with Crippen LogP contribution in [0, 0.1) is 6.92 Å². The van der Waals surface area contributed by atoms with Gasteiger partial charge in [0.05, 0.1) is 9.37 Å². The Labute approximate surface area is 210 Å². The maximum Gasteiger partial charge on any atom is 0.288 e. The SMILES string of the molecule is Cc1ccc(S(=O)(=O)N=S(C)c2ccc(Nc3ncc(Br)c(Nc4ccccc4)n3)cc2)cc1. The molecule has 34 heavy (non-hydrogen) atoms. The van der Waals surface area contributed by atoms with E-state index in [4.69, 9.17) is 0 Å². The Morgan fingerprint density at radius 1 is 0.882 bits per heavy atom. The van der Waals surface area contributed by atoms with Gasteiger partial charge in [0.15, 0.2) is 0 Å². The van der Waals surface area contributed by atoms with Gasteiger partial charge in [-0.1, -0.05) is 46.6 Å². The van der Waals surface area contributed by atoms with Crippen molar-refractivity contribution in [2.24, 2.45) is 3.77 Å². The topological polar surface area (TPSA) is 96.3 Å². The number of hydrogen-bond acceptors (Lipinski definition) is 6. The monoisotopic (exact) mass is 555 g/mol. The molecule has 0 aliphatic rings. The van der Waals surface area contributed by atoms with Crippen molar-refractivity contribution < 1.29 is 8.42 Å². The van der Waals surface area contributed by atoms with E-state index in [1.807, 2.05) is 61.5 Å². The molecule has 2 N–H and O–H groups in total. The summed E-state index contributed by atoms with van der Waals surface area (Å²) in [6.07, 6.45) is 3.46. The minimum absolute atomic E-state index is 0.197. The molecule has 0 radical (unpaired) electrons. The quantitative estimate of drug-likeness (QED) is 0.281. The number of hydrogen-bond donors (Lipinski definition) is 2. The average Bonchev–Trinajstić information content (AvgIpc) is 2.82. The van der Waals surface area contributed by atoms with Gasteiger partial charge in [-0.15, -0.1) is 3.77 Å². The zero-order chi connectivity index (χ0) is 24.1. The molecule has 0 saturated heterocycles. The molecule has 0 saturated carbocycles. The maximum atomic E-state index is 12.6. The van der Waals surface area contributed by atoms with E-state index in [0.717, 1.165) is 26.3 Å². The molecule has 0 bridgehead atoms. The van der Waals surface area contributed by atoms with Crippen LogP contribution in [-0.4, -0.2) is 24.6 Å². The smallest absolute Gasteiger partial charge is 0.288 e. The minimum atomic E-state index is -3.73. The van der Waals surface area contributed by atoms with Gasteiger partial charge in [0.1, 0.15) is 5.82 Å². The number of aromatic nitrogens is 2. The second kappa shape index (κ2) is 10.5. The Balaban J connectivity index is 1.49. The van der Waals surface area contributed by atoms with Crippen LogP contribution in [0.4, 0.5) is 23.1 Å². The third-order valence-corrected chi connectivity index (χ3v) is 8.84. The largest absolute Gasteiger partial charge is 0.339 e. The Bertz CT molecular complexity index is 1430. The van der Waals surface area contributed by atoms with Crippen LogP contribution in [0.15, 0.2) is 103 Å². The van der Waals surface area contributed by atoms with E-state index < -0.39 is 20.7 Å². The maximum absolute atomic E-state index is 12.6. The predicted molar refractivity (Wildman–Crippen MR) is 142 cm³/mol. The highest BCUT2D eigenvalue weighted by Crippen LogP contribution is 2.25. The highest BCUT2D eigenvalue weighted by atomic mass is 79.9. The van der Waals surface area contributed by atoms with E-state index >= 15 is 0 Å². The first-order chi connectivity index (χ1) is 16.3. The molecule has 0 aliphatic carbocycles. The van der Waals surface area contributed by atoms with E-state index in [1.165, 1.54) is 0 Å². The molecule has 0 amide bonds. The summed E-state index contributed by atoms with van der Waals surface area (Å²) >= 11 is 3.47. The number of rotatable bonds is 7. The average molecular weight is 557 g/mol. The molecule has 10 heteroatoms. The van der Waals surface area contributed by atoms with Crippen molar-refractivity contribution in [3.05, 3.63) is 95.1 Å². The summed E-state index contributed by atoms with van der Waals surface area (Å²) in [5, 5.41) is 6.43. The number of anilines is 4. The molecule has 1 atom stereocenters. The fourth-order valence-corrected chi connectivity index (χ4v) is 6.15. The lowest BCUT2D eigenvalue weighted by Crippen LogP contribution is -2.02. The Kier molecular flexibility index (Phi) is 7.40. The standard InChI is InChI=1S/C24H22BrN5O2S2/c1-17-8-14-21(15-9-17)34(31,32)30-33(2)20-12-10-19(11-13-20)28-24-26-16-22(25)23(29-24)27-18-6-4-3-5-7-18/h3-16H,1-2H3,(H2,26,27,28,29). The van der Waals surface area contributed by atoms with E-state index in [-0.39, 0.29) is 4.90 Å². The molecule has 1 heterocycles. The minimum Gasteiger partial charge on any atom is -0.339 e. The van der Waals surface area contributed by atoms with Gasteiger partial charge >= 0.3 is 0 Å². The summed E-state index contributed by atoms with van der Waals surface area (Å²) < 4.78 is 30.1. The first-order valence-corrected chi connectivity index (χ1v) is 14.0. The number of sulfonamides is 1. The summed E-state index contributed by atoms with van der Waals surface area (Å²) in [4.78, 5) is 9.86. The lowest BCUT2D eigenvalue weighted by atomic mass is 10.2. The van der Waals surface area contributed by atoms with Crippen LogP contribution in [0.5, 0.6) is 0 Å². The Morgan fingerprint density at radius 3 is 2.21 bits per heavy atom. The van der Waals surface area contributed by atoms with Crippen LogP contribution in [0.1, 0.15) is 5.56 Å². The highest BCUT2D eigenvalue weighted by molar-refractivity contribution is 9.10. The van der Waals surface area contributed by atoms with E-state index in [1.54, 1.807) is 36.7 Å². The zero-order valence-corrected chi connectivity index (χ0v) is 21.7. The van der Waals surface area contributed by atoms with Gasteiger partial charge in [0.25, 0.3) is 10.0 Å². The molecule has 3 aromatic carbocycles. The number of halogens is 1. The van der Waals surface area contributed by atoms with Crippen molar-refractivity contribution >= 4 is 59.8 Å². The fraction of sp³-hybridized carbons (Fsp3) is 0.0833. The third kappa shape index (κ3) is 6.07. The third-order valence-electron chi connectivity index (χ3n) is 4.76. The molecular weight excluding hydrogens is 534 g/mol. The second-order valence-electron chi connectivity index (χ2n) is 7.37. The molecule has 1 aromatic heterocycles. The van der Waals surface area contributed by atoms with Gasteiger partial charge in [0, 0.05) is 22.5 Å². The second-order valence-corrected chi connectivity index (χ2v) is 11.7. The van der Waals surface area contributed by atoms with Gasteiger partial charge in [0.2, 0.25) is 5.95 Å². The van der Waals surface area contributed by atoms with Crippen molar-refractivity contribution in [2.45, 2.75) is 16.7 Å². The van der Waals surface area contributed by atoms with Gasteiger partial charge in [-0.25, -0.2) is 4.98 Å². The predicted octanol–water partition coefficient (Wildman–Crippen LogP) is 6.21. The number of benzene rings is 3. The summed E-state index contributed by atoms with van der Waals surface area (Å²) in [6.45, 7) is 1.91. The van der Waals surface area contributed by atoms with Crippen LogP contribution >= 0.6 is 15.9 Å². The van der Waals surface area contributed by atoms with Crippen molar-refractivity contribution in [3.63, 3.8) is 0 Å². The van der Waals surface area contributed by atoms with Gasteiger partial charge in [-0.2, -0.15) is 13.4 Å². The lowest BCUT2D eigenvalue weighted by molar-refractivity contribution is 0.598. The van der Waals surface area contributed by atoms with E-state index in [2.05, 4.69) is 40.3 Å². The number of aryl methyl sites for hydroxylation is 1. The Hall–Kier alpha value is -3.08. The number of para-hydroxylation sites is 1. The number of nitrogens with one attached hydrogen (secondary N) is 2. The zero-order valence-electron chi connectivity index (χ0n) is 18.4. The molecule has 1 unspecified atom stereocenters. The molecular formula is C24H22BrN5O2S2. The summed E-state index contributed by atoms with van der Waals surface area (Å²) in [5.74, 6) is 1.06. The molecule has 4 aromatic rings. The first kappa shape index (κ1) is 24.1. The van der Waals surface area contributed by atoms with Crippen molar-refractivity contribution in [1.82, 2.24) is 9.97 Å². The lowest BCUT2D eigenvalue weighted by Gasteiger charge is -2.11. The fourth-order valence-electron chi connectivity index (χ4n) is 2.98. The molecule has 7 nitrogen and oxygen atoms in total. The van der Waals surface area contributed by atoms with Gasteiger partial charge in [-0.05, 0) is 77.6 Å². The molecule has 4 rings (SSSR count). The molecule has 0 aliphatic heterocycles. The van der Waals surface area contributed by atoms with Crippen LogP contribution < -0.4 is 10.6 Å². The normalized spacial score (nSPS) is 12.3. The van der Waals surface area contributed by atoms with Crippen LogP contribution in [0.3, 0.4) is 0 Å². The van der Waals surface area contributed by atoms with Crippen molar-refractivity contribution in [2.75, 3.05) is 16.9 Å². The molecule has 0 spiro atoms. The van der Waals surface area contributed by atoms with Crippen molar-refractivity contribution in [1.29, 1.82) is 0 Å². The highest BCUT2D eigenvalue weighted by Gasteiger charge is 2.13. The van der Waals surface area contributed by atoms with E-state index in [0.29, 0.717) is 11.8 Å².